The van der Waals surface area contributed by atoms with Crippen LogP contribution in [-0.4, -0.2) is 75.5 Å². The topological polar surface area (TPSA) is 177 Å². The molecule has 1 aliphatic carbocycles. The maximum Gasteiger partial charge on any atom is 0.522 e. The molecule has 1 saturated carbocycles. The van der Waals surface area contributed by atoms with Crippen LogP contribution in [0.25, 0.3) is 0 Å². The predicted octanol–water partition coefficient (Wildman–Crippen LogP) is 0.273. The van der Waals surface area contributed by atoms with Crippen LogP contribution >= 0.6 is 0 Å². The van der Waals surface area contributed by atoms with E-state index in [0.29, 0.717) is 19.4 Å². The Morgan fingerprint density at radius 1 is 1.20 bits per heavy atom. The molecule has 1 spiro atoms. The predicted molar refractivity (Wildman–Crippen MR) is 133 cm³/mol. The largest absolute Gasteiger partial charge is 0.522 e. The second-order valence-corrected chi connectivity index (χ2v) is 11.9. The molecule has 5 atom stereocenters. The van der Waals surface area contributed by atoms with E-state index < -0.39 is 76.5 Å². The van der Waals surface area contributed by atoms with Crippen molar-refractivity contribution in [2.24, 2.45) is 28.9 Å². The Kier molecular flexibility index (Phi) is 8.42. The molecule has 0 radical (unpaired) electrons. The molecule has 4 rings (SSSR count). The number of ketones is 1. The van der Waals surface area contributed by atoms with Gasteiger partial charge in [0, 0.05) is 30.6 Å². The first kappa shape index (κ1) is 29.7. The number of nitrogens with one attached hydrogen (secondary N) is 3. The van der Waals surface area contributed by atoms with Gasteiger partial charge in [0.25, 0.3) is 10.2 Å². The van der Waals surface area contributed by atoms with Crippen LogP contribution in [0.3, 0.4) is 0 Å². The molecule has 40 heavy (non-hydrogen) atoms. The fraction of sp³-hybridized carbons (Fsp3) is 0.583. The number of amides is 3. The number of carbonyl (C=O) groups is 4. The molecule has 3 fully saturated rings. The number of halogens is 3. The molecule has 5 N–H and O–H groups in total. The van der Waals surface area contributed by atoms with Gasteiger partial charge in [0.05, 0.1) is 6.54 Å². The highest BCUT2D eigenvalue weighted by atomic mass is 32.2. The van der Waals surface area contributed by atoms with Crippen molar-refractivity contribution in [1.82, 2.24) is 14.9 Å². The average molecular weight is 590 g/mol. The summed E-state index contributed by atoms with van der Waals surface area (Å²) in [4.78, 5) is 51.4. The number of benzene rings is 1. The van der Waals surface area contributed by atoms with E-state index in [0.717, 1.165) is 4.90 Å². The summed E-state index contributed by atoms with van der Waals surface area (Å²) in [6.45, 7) is -1.55. The average Bonchev–Trinajstić information content (AvgIpc) is 3.17. The zero-order chi connectivity index (χ0) is 29.3. The van der Waals surface area contributed by atoms with Crippen LogP contribution in [-0.2, 0) is 34.1 Å². The van der Waals surface area contributed by atoms with Crippen LogP contribution in [0.1, 0.15) is 25.7 Å². The first-order valence-corrected chi connectivity index (χ1v) is 14.1. The van der Waals surface area contributed by atoms with E-state index in [-0.39, 0.29) is 31.0 Å². The number of carbonyl (C=O) groups excluding carboxylic acids is 4. The van der Waals surface area contributed by atoms with Gasteiger partial charge in [0.1, 0.15) is 12.6 Å². The van der Waals surface area contributed by atoms with Gasteiger partial charge in [0.2, 0.25) is 17.7 Å². The van der Waals surface area contributed by atoms with E-state index in [2.05, 4.69) is 19.5 Å². The number of likely N-dealkylation sites (tertiary alicyclic amines) is 1. The van der Waals surface area contributed by atoms with Crippen molar-refractivity contribution < 1.29 is 45.5 Å². The third-order valence-electron chi connectivity index (χ3n) is 7.78. The molecule has 0 bridgehead atoms. The van der Waals surface area contributed by atoms with E-state index in [1.165, 1.54) is 12.1 Å². The van der Waals surface area contributed by atoms with Crippen LogP contribution in [0.4, 0.5) is 18.9 Å². The SMILES string of the molecule is NC(=O)C1CC2(CC2[C@H](C[C@H]2CCNC2=O)C(=O)COC(F)(F)F)CN1C(=O)CNS(=O)(=O)Nc1ccccc1. The monoisotopic (exact) mass is 589 g/mol. The summed E-state index contributed by atoms with van der Waals surface area (Å²) in [6, 6.07) is 6.84. The summed E-state index contributed by atoms with van der Waals surface area (Å²) < 4.78 is 70.8. The van der Waals surface area contributed by atoms with Gasteiger partial charge in [-0.2, -0.15) is 13.1 Å². The first-order valence-electron chi connectivity index (χ1n) is 12.6. The fourth-order valence-electron chi connectivity index (χ4n) is 5.80. The van der Waals surface area contributed by atoms with Crippen LogP contribution in [0.15, 0.2) is 30.3 Å². The molecule has 0 aromatic heterocycles. The maximum atomic E-state index is 13.0. The minimum absolute atomic E-state index is 0.0123. The number of hydrogen-bond acceptors (Lipinski definition) is 7. The Morgan fingerprint density at radius 2 is 1.90 bits per heavy atom. The summed E-state index contributed by atoms with van der Waals surface area (Å²) in [6.07, 6.45) is -4.19. The number of nitrogens with zero attached hydrogens (tertiary/aromatic N) is 1. The Morgan fingerprint density at radius 3 is 2.50 bits per heavy atom. The lowest BCUT2D eigenvalue weighted by Crippen LogP contribution is -2.48. The number of Topliss-reactive ketones (excluding diaryl/α,β-unsaturated/α-hetero) is 1. The first-order chi connectivity index (χ1) is 18.7. The van der Waals surface area contributed by atoms with E-state index in [9.17, 15) is 40.8 Å². The van der Waals surface area contributed by atoms with Gasteiger partial charge >= 0.3 is 6.36 Å². The van der Waals surface area contributed by atoms with Crippen LogP contribution in [0.2, 0.25) is 0 Å². The Balaban J connectivity index is 1.44. The molecule has 12 nitrogen and oxygen atoms in total. The molecule has 2 saturated heterocycles. The number of primary amides is 1. The number of rotatable bonds is 12. The summed E-state index contributed by atoms with van der Waals surface area (Å²) in [5.74, 6) is -4.72. The van der Waals surface area contributed by atoms with Crippen LogP contribution in [0, 0.1) is 23.2 Å². The van der Waals surface area contributed by atoms with Crippen molar-refractivity contribution in [2.45, 2.75) is 38.1 Å². The molecular weight excluding hydrogens is 559 g/mol. The Hall–Kier alpha value is -3.24. The van der Waals surface area contributed by atoms with Crippen molar-refractivity contribution in [1.29, 1.82) is 0 Å². The third kappa shape index (κ3) is 7.09. The van der Waals surface area contributed by atoms with Gasteiger partial charge in [-0.1, -0.05) is 18.2 Å². The summed E-state index contributed by atoms with van der Waals surface area (Å²) in [5, 5.41) is 2.64. The normalized spacial score (nSPS) is 26.9. The van der Waals surface area contributed by atoms with E-state index in [1.807, 2.05) is 0 Å². The van der Waals surface area contributed by atoms with E-state index in [1.54, 1.807) is 18.2 Å². The van der Waals surface area contributed by atoms with Crippen LogP contribution < -0.4 is 20.5 Å². The lowest BCUT2D eigenvalue weighted by Gasteiger charge is -2.23. The number of para-hydroxylation sites is 1. The van der Waals surface area contributed by atoms with Crippen molar-refractivity contribution in [3.8, 4) is 0 Å². The standard InChI is InChI=1S/C24H30F3N5O7S/c25-24(26,27)39-12-19(33)16(8-14-6-7-29-22(14)36)17-9-23(17)10-18(21(28)35)32(13-23)20(34)11-30-40(37,38)31-15-4-2-1-3-5-15/h1-5,14,16-18,30-31H,6-13H2,(H2,28,35)(H,29,36)/t14-,16+,17?,18?,23?/m1/s1. The zero-order valence-electron chi connectivity index (χ0n) is 21.3. The third-order valence-corrected chi connectivity index (χ3v) is 8.81. The lowest BCUT2D eigenvalue weighted by molar-refractivity contribution is -0.321. The molecule has 16 heteroatoms. The molecule has 1 aromatic carbocycles. The molecule has 220 valence electrons. The maximum absolute atomic E-state index is 13.0. The van der Waals surface area contributed by atoms with E-state index in [4.69, 9.17) is 5.73 Å². The van der Waals surface area contributed by atoms with Gasteiger partial charge in [-0.25, -0.2) is 0 Å². The highest BCUT2D eigenvalue weighted by Crippen LogP contribution is 2.64. The number of hydrogen-bond donors (Lipinski definition) is 4. The summed E-state index contributed by atoms with van der Waals surface area (Å²) >= 11 is 0. The molecule has 2 heterocycles. The lowest BCUT2D eigenvalue weighted by atomic mass is 9.83. The zero-order valence-corrected chi connectivity index (χ0v) is 22.1. The van der Waals surface area contributed by atoms with Crippen LogP contribution in [0.5, 0.6) is 0 Å². The highest BCUT2D eigenvalue weighted by Gasteiger charge is 2.65. The molecule has 2 aliphatic heterocycles. The van der Waals surface area contributed by atoms with Gasteiger partial charge in [-0.3, -0.25) is 28.6 Å². The van der Waals surface area contributed by atoms with Gasteiger partial charge in [-0.05, 0) is 49.1 Å². The summed E-state index contributed by atoms with van der Waals surface area (Å²) in [5.41, 5.74) is 5.01. The van der Waals surface area contributed by atoms with Gasteiger partial charge < -0.3 is 16.0 Å². The number of alkyl halides is 3. The smallest absolute Gasteiger partial charge is 0.368 e. The Labute approximate surface area is 228 Å². The van der Waals surface area contributed by atoms with Crippen molar-refractivity contribution in [3.63, 3.8) is 0 Å². The van der Waals surface area contributed by atoms with Gasteiger partial charge in [-0.15, -0.1) is 13.2 Å². The fourth-order valence-corrected chi connectivity index (χ4v) is 6.63. The molecular formula is C24H30F3N5O7S. The summed E-state index contributed by atoms with van der Waals surface area (Å²) in [7, 11) is -4.13. The van der Waals surface area contributed by atoms with Crippen molar-refractivity contribution in [2.75, 3.05) is 31.0 Å². The minimum atomic E-state index is -5.01. The molecule has 3 unspecified atom stereocenters. The van der Waals surface area contributed by atoms with Crippen molar-refractivity contribution in [3.05, 3.63) is 30.3 Å². The molecule has 1 aromatic rings. The van der Waals surface area contributed by atoms with Gasteiger partial charge in [0.15, 0.2) is 5.78 Å². The number of ether oxygens (including phenoxy) is 1. The second kappa shape index (κ2) is 11.3. The van der Waals surface area contributed by atoms with Crippen molar-refractivity contribution >= 4 is 39.4 Å². The molecule has 3 amide bonds. The number of nitrogens with two attached hydrogens (primary N) is 1. The minimum Gasteiger partial charge on any atom is -0.368 e. The Bertz CT molecular complexity index is 1260. The number of anilines is 1. The second-order valence-electron chi connectivity index (χ2n) is 10.4. The quantitative estimate of drug-likeness (QED) is 0.270. The molecule has 3 aliphatic rings. The highest BCUT2D eigenvalue weighted by molar-refractivity contribution is 7.90. The van der Waals surface area contributed by atoms with E-state index >= 15 is 0 Å².